The summed E-state index contributed by atoms with van der Waals surface area (Å²) in [6, 6.07) is 14.9. The number of fused-ring (bicyclic) bond motifs is 1. The van der Waals surface area contributed by atoms with Gasteiger partial charge in [0.1, 0.15) is 23.5 Å². The van der Waals surface area contributed by atoms with Gasteiger partial charge in [0.05, 0.1) is 24.9 Å². The number of nitrogens with two attached hydrogens (primary N) is 1. The molecular weight excluding hydrogens is 486 g/mol. The van der Waals surface area contributed by atoms with Gasteiger partial charge in [-0.3, -0.25) is 9.78 Å². The van der Waals surface area contributed by atoms with Gasteiger partial charge in [0, 0.05) is 29.3 Å². The second kappa shape index (κ2) is 11.4. The van der Waals surface area contributed by atoms with Gasteiger partial charge in [0.15, 0.2) is 0 Å². The van der Waals surface area contributed by atoms with E-state index in [4.69, 9.17) is 19.6 Å². The Labute approximate surface area is 220 Å². The van der Waals surface area contributed by atoms with E-state index in [-0.39, 0.29) is 19.6 Å². The number of aliphatic carboxylic acids is 1. The molecule has 1 amide bonds. The molecule has 0 spiro atoms. The second-order valence-electron chi connectivity index (χ2n) is 9.88. The van der Waals surface area contributed by atoms with Crippen molar-refractivity contribution in [2.24, 2.45) is 5.73 Å². The Morgan fingerprint density at radius 3 is 2.63 bits per heavy atom. The molecule has 0 bridgehead atoms. The molecule has 2 heterocycles. The van der Waals surface area contributed by atoms with Crippen molar-refractivity contribution in [3.8, 4) is 16.9 Å². The Morgan fingerprint density at radius 1 is 1.08 bits per heavy atom. The molecule has 0 aliphatic carbocycles. The van der Waals surface area contributed by atoms with Gasteiger partial charge in [-0.25, -0.2) is 4.79 Å². The molecule has 4 rings (SSSR count). The Hall–Kier alpha value is -4.37. The number of carbonyl (C=O) groups excluding carboxylic acids is 1. The number of carbonyl (C=O) groups is 2. The number of aromatic nitrogens is 1. The van der Waals surface area contributed by atoms with Crippen LogP contribution in [0.25, 0.3) is 22.1 Å². The molecule has 0 radical (unpaired) electrons. The van der Waals surface area contributed by atoms with Crippen molar-refractivity contribution in [2.75, 3.05) is 0 Å². The fourth-order valence-corrected chi connectivity index (χ4v) is 3.99. The number of nitrogens with zero attached hydrogens (tertiary/aromatic N) is 1. The van der Waals surface area contributed by atoms with Crippen molar-refractivity contribution in [1.29, 1.82) is 0 Å². The fraction of sp³-hybridized carbons (Fsp3) is 0.276. The fourth-order valence-electron chi connectivity index (χ4n) is 3.99. The van der Waals surface area contributed by atoms with Gasteiger partial charge >= 0.3 is 12.1 Å². The molecule has 9 heteroatoms. The Bertz CT molecular complexity index is 1450. The molecule has 0 aliphatic rings. The van der Waals surface area contributed by atoms with Gasteiger partial charge in [0.2, 0.25) is 0 Å². The summed E-state index contributed by atoms with van der Waals surface area (Å²) in [5.41, 5.74) is 10.6. The number of alkyl carbamates (subject to hydrolysis) is 1. The molecule has 0 unspecified atom stereocenters. The van der Waals surface area contributed by atoms with Crippen molar-refractivity contribution < 1.29 is 28.6 Å². The summed E-state index contributed by atoms with van der Waals surface area (Å²) in [6.45, 7) is 6.15. The highest BCUT2D eigenvalue weighted by Gasteiger charge is 2.17. The zero-order valence-corrected chi connectivity index (χ0v) is 21.6. The van der Waals surface area contributed by atoms with E-state index in [1.165, 1.54) is 0 Å². The average molecular weight is 518 g/mol. The minimum Gasteiger partial charge on any atom is -0.489 e. The summed E-state index contributed by atoms with van der Waals surface area (Å²) in [6.07, 6.45) is 2.64. The van der Waals surface area contributed by atoms with Crippen molar-refractivity contribution in [1.82, 2.24) is 10.3 Å². The summed E-state index contributed by atoms with van der Waals surface area (Å²) in [5, 5.41) is 12.9. The van der Waals surface area contributed by atoms with E-state index in [1.807, 2.05) is 30.3 Å². The Kier molecular flexibility index (Phi) is 7.97. The third kappa shape index (κ3) is 6.89. The topological polar surface area (TPSA) is 137 Å². The highest BCUT2D eigenvalue weighted by Crippen LogP contribution is 2.32. The van der Waals surface area contributed by atoms with E-state index >= 15 is 0 Å². The third-order valence-electron chi connectivity index (χ3n) is 5.65. The van der Waals surface area contributed by atoms with Crippen LogP contribution in [-0.4, -0.2) is 27.8 Å². The van der Waals surface area contributed by atoms with Crippen molar-refractivity contribution in [2.45, 2.75) is 52.5 Å². The maximum Gasteiger partial charge on any atom is 0.407 e. The monoisotopic (exact) mass is 517 g/mol. The number of pyridine rings is 1. The number of furan rings is 1. The quantitative estimate of drug-likeness (QED) is 0.276. The molecule has 4 N–H and O–H groups in total. The molecule has 0 saturated heterocycles. The smallest absolute Gasteiger partial charge is 0.407 e. The zero-order chi connectivity index (χ0) is 27.3. The van der Waals surface area contributed by atoms with Crippen LogP contribution >= 0.6 is 0 Å². The molecule has 0 saturated carbocycles. The number of carboxylic acids is 1. The van der Waals surface area contributed by atoms with E-state index in [2.05, 4.69) is 10.3 Å². The van der Waals surface area contributed by atoms with Crippen LogP contribution in [0.5, 0.6) is 5.75 Å². The number of ether oxygens (including phenoxy) is 2. The highest BCUT2D eigenvalue weighted by molar-refractivity contribution is 5.93. The van der Waals surface area contributed by atoms with Gasteiger partial charge < -0.3 is 30.0 Å². The summed E-state index contributed by atoms with van der Waals surface area (Å²) < 4.78 is 17.2. The number of amides is 1. The molecule has 0 atom stereocenters. The first-order chi connectivity index (χ1) is 18.1. The van der Waals surface area contributed by atoms with E-state index < -0.39 is 17.7 Å². The van der Waals surface area contributed by atoms with Crippen LogP contribution in [0.4, 0.5) is 4.79 Å². The SMILES string of the molecule is CC(C)(C)OC(=O)NCc1cc(-c2cc(COc3cc(CN)ccc3CC(=O)O)cc3ccoc23)ccn1. The number of carboxylic acid groups (broad SMARTS) is 1. The number of hydrogen-bond donors (Lipinski definition) is 3. The van der Waals surface area contributed by atoms with Crippen LogP contribution < -0.4 is 15.8 Å². The molecular formula is C29H31N3O6. The van der Waals surface area contributed by atoms with Crippen LogP contribution in [0.2, 0.25) is 0 Å². The summed E-state index contributed by atoms with van der Waals surface area (Å²) in [5.74, 6) is -0.448. The summed E-state index contributed by atoms with van der Waals surface area (Å²) >= 11 is 0. The van der Waals surface area contributed by atoms with Crippen LogP contribution in [-0.2, 0) is 35.6 Å². The molecule has 2 aromatic heterocycles. The van der Waals surface area contributed by atoms with Gasteiger partial charge in [-0.1, -0.05) is 12.1 Å². The minimum atomic E-state index is -0.938. The predicted molar refractivity (Wildman–Crippen MR) is 143 cm³/mol. The summed E-state index contributed by atoms with van der Waals surface area (Å²) in [7, 11) is 0. The number of nitrogens with one attached hydrogen (secondary N) is 1. The van der Waals surface area contributed by atoms with Crippen molar-refractivity contribution >= 4 is 23.0 Å². The van der Waals surface area contributed by atoms with Gasteiger partial charge in [0.25, 0.3) is 0 Å². The van der Waals surface area contributed by atoms with Gasteiger partial charge in [-0.2, -0.15) is 0 Å². The predicted octanol–water partition coefficient (Wildman–Crippen LogP) is 5.18. The number of hydrogen-bond acceptors (Lipinski definition) is 7. The maximum atomic E-state index is 12.1. The molecule has 2 aromatic carbocycles. The van der Waals surface area contributed by atoms with Gasteiger partial charge in [-0.15, -0.1) is 0 Å². The Balaban J connectivity index is 1.58. The second-order valence-corrected chi connectivity index (χ2v) is 9.88. The lowest BCUT2D eigenvalue weighted by Gasteiger charge is -2.19. The van der Waals surface area contributed by atoms with E-state index in [9.17, 15) is 14.7 Å². The molecule has 0 aliphatic heterocycles. The molecule has 0 fully saturated rings. The minimum absolute atomic E-state index is 0.149. The maximum absolute atomic E-state index is 12.1. The lowest BCUT2D eigenvalue weighted by molar-refractivity contribution is -0.136. The highest BCUT2D eigenvalue weighted by atomic mass is 16.6. The van der Waals surface area contributed by atoms with Crippen LogP contribution in [0.1, 0.15) is 43.2 Å². The molecule has 38 heavy (non-hydrogen) atoms. The molecule has 4 aromatic rings. The van der Waals surface area contributed by atoms with Crippen LogP contribution in [0.3, 0.4) is 0 Å². The lowest BCUT2D eigenvalue weighted by atomic mass is 10.0. The van der Waals surface area contributed by atoms with E-state index in [0.29, 0.717) is 29.1 Å². The Morgan fingerprint density at radius 2 is 1.89 bits per heavy atom. The first-order valence-electron chi connectivity index (χ1n) is 12.2. The number of rotatable bonds is 9. The molecule has 9 nitrogen and oxygen atoms in total. The third-order valence-corrected chi connectivity index (χ3v) is 5.65. The van der Waals surface area contributed by atoms with Crippen LogP contribution in [0, 0.1) is 0 Å². The largest absolute Gasteiger partial charge is 0.489 e. The number of benzene rings is 2. The zero-order valence-electron chi connectivity index (χ0n) is 21.6. The summed E-state index contributed by atoms with van der Waals surface area (Å²) in [4.78, 5) is 27.7. The van der Waals surface area contributed by atoms with Crippen molar-refractivity contribution in [3.63, 3.8) is 0 Å². The normalized spacial score (nSPS) is 11.4. The first-order valence-corrected chi connectivity index (χ1v) is 12.2. The van der Waals surface area contributed by atoms with Crippen molar-refractivity contribution in [3.05, 3.63) is 83.4 Å². The average Bonchev–Trinajstić information content (AvgIpc) is 3.34. The lowest BCUT2D eigenvalue weighted by Crippen LogP contribution is -2.32. The standard InChI is InChI=1S/C29H31N3O6/c1-29(2,3)38-28(35)32-16-23-13-20(6-8-31-23)24-11-19(10-22-7-9-36-27(22)24)17-37-25-12-18(15-30)4-5-21(25)14-26(33)34/h4-13H,14-17,30H2,1-3H3,(H,32,35)(H,33,34). The first kappa shape index (κ1) is 26.7. The van der Waals surface area contributed by atoms with E-state index in [0.717, 1.165) is 27.6 Å². The van der Waals surface area contributed by atoms with Gasteiger partial charge in [-0.05, 0) is 73.9 Å². The van der Waals surface area contributed by atoms with E-state index in [1.54, 1.807) is 51.4 Å². The molecule has 198 valence electrons. The van der Waals surface area contributed by atoms with Crippen LogP contribution in [0.15, 0.2) is 65.4 Å².